The highest BCUT2D eigenvalue weighted by molar-refractivity contribution is 7.23. The van der Waals surface area contributed by atoms with Crippen LogP contribution in [0.4, 0.5) is 25.4 Å². The Morgan fingerprint density at radius 2 is 2.00 bits per heavy atom. The number of anilines is 3. The number of halogens is 3. The van der Waals surface area contributed by atoms with Gasteiger partial charge in [0, 0.05) is 28.8 Å². The minimum Gasteiger partial charge on any atom is -0.506 e. The van der Waals surface area contributed by atoms with E-state index >= 15 is 4.39 Å². The zero-order valence-corrected chi connectivity index (χ0v) is 26.1. The molecule has 0 spiro atoms. The van der Waals surface area contributed by atoms with Gasteiger partial charge in [0.25, 0.3) is 0 Å². The maximum absolute atomic E-state index is 16.8. The molecule has 1 aliphatic rings. The molecule has 0 unspecified atom stereocenters. The quantitative estimate of drug-likeness (QED) is 0.151. The van der Waals surface area contributed by atoms with Crippen molar-refractivity contribution in [3.05, 3.63) is 58.2 Å². The first-order valence-corrected chi connectivity index (χ1v) is 15.4. The topological polar surface area (TPSA) is 159 Å². The SMILES string of the molecule is C[C@H](Oc1nc(N[C@H](C)c2cccnc2N)c2c(O)c(Cl)c(-c3ccc(F)c4sc(N)c(C#N)c34)c(F)c2n1)[C@@H]1CCCN1C. The molecule has 1 saturated heterocycles. The number of likely N-dealkylation sites (tertiary alicyclic amines) is 1. The lowest BCUT2D eigenvalue weighted by Gasteiger charge is -2.26. The first kappa shape index (κ1) is 30.5. The summed E-state index contributed by atoms with van der Waals surface area (Å²) < 4.78 is 37.9. The Morgan fingerprint density at radius 3 is 2.69 bits per heavy atom. The Hall–Kier alpha value is -4.51. The summed E-state index contributed by atoms with van der Waals surface area (Å²) in [5, 5.41) is 24.2. The monoisotopic (exact) mass is 650 g/mol. The molecule has 3 aromatic heterocycles. The molecule has 5 aromatic rings. The van der Waals surface area contributed by atoms with Crippen molar-refractivity contribution in [2.24, 2.45) is 0 Å². The average molecular weight is 651 g/mol. The maximum Gasteiger partial charge on any atom is 0.319 e. The van der Waals surface area contributed by atoms with Crippen LogP contribution in [0.1, 0.15) is 43.9 Å². The van der Waals surface area contributed by atoms with Crippen LogP contribution < -0.4 is 21.5 Å². The summed E-state index contributed by atoms with van der Waals surface area (Å²) in [6, 6.07) is 7.38. The number of ether oxygens (including phenoxy) is 1. The molecule has 232 valence electrons. The molecule has 6 rings (SSSR count). The molecule has 0 aliphatic carbocycles. The summed E-state index contributed by atoms with van der Waals surface area (Å²) >= 11 is 7.55. The zero-order chi connectivity index (χ0) is 32.2. The highest BCUT2D eigenvalue weighted by Crippen LogP contribution is 2.49. The van der Waals surface area contributed by atoms with Gasteiger partial charge in [-0.3, -0.25) is 4.90 Å². The first-order chi connectivity index (χ1) is 21.5. The number of aromatic nitrogens is 3. The van der Waals surface area contributed by atoms with Gasteiger partial charge in [0.2, 0.25) is 0 Å². The van der Waals surface area contributed by atoms with Crippen LogP contribution in [0.25, 0.3) is 32.1 Å². The van der Waals surface area contributed by atoms with E-state index in [1.54, 1.807) is 25.3 Å². The van der Waals surface area contributed by atoms with Gasteiger partial charge in [-0.2, -0.15) is 15.2 Å². The molecule has 45 heavy (non-hydrogen) atoms. The number of fused-ring (bicyclic) bond motifs is 2. The fraction of sp³-hybridized carbons (Fsp3) is 0.290. The molecular formula is C31H29ClF2N8O2S. The van der Waals surface area contributed by atoms with E-state index in [4.69, 9.17) is 27.8 Å². The van der Waals surface area contributed by atoms with Crippen LogP contribution in [-0.2, 0) is 0 Å². The van der Waals surface area contributed by atoms with Crippen LogP contribution in [0, 0.1) is 23.0 Å². The molecule has 0 saturated carbocycles. The molecular weight excluding hydrogens is 622 g/mol. The fourth-order valence-corrected chi connectivity index (χ4v) is 7.25. The Kier molecular flexibility index (Phi) is 7.98. The normalized spacial score (nSPS) is 16.6. The van der Waals surface area contributed by atoms with E-state index in [0.29, 0.717) is 5.56 Å². The number of phenolic OH excluding ortho intramolecular Hbond substituents is 1. The number of nitrogens with two attached hydrogens (primary N) is 2. The lowest BCUT2D eigenvalue weighted by Crippen LogP contribution is -2.38. The Labute approximate surface area is 266 Å². The molecule has 3 atom stereocenters. The number of thiophene rings is 1. The van der Waals surface area contributed by atoms with Crippen LogP contribution in [0.3, 0.4) is 0 Å². The second kappa shape index (κ2) is 11.8. The molecule has 0 bridgehead atoms. The van der Waals surface area contributed by atoms with Crippen LogP contribution in [-0.4, -0.2) is 50.7 Å². The van der Waals surface area contributed by atoms with Gasteiger partial charge in [0.05, 0.1) is 26.7 Å². The standard InChI is InChI=1S/C31H29ClF2N8O2S/c1-13(15-6-4-10-38-28(15)36)39-30-22-25(40-31(41-30)44-14(2)19-7-5-11-42(19)3)24(34)21(23(32)26(22)43)16-8-9-18(33)27-20(16)17(12-35)29(37)45-27/h4,6,8-10,13-14,19,43H,5,7,11,37H2,1-3H3,(H2,36,38)(H,39,40,41)/t13-,14+,19+/m1/s1. The van der Waals surface area contributed by atoms with Crippen molar-refractivity contribution in [3.63, 3.8) is 0 Å². The van der Waals surface area contributed by atoms with Gasteiger partial charge in [-0.15, -0.1) is 11.3 Å². The number of nitrogen functional groups attached to an aromatic ring is 2. The van der Waals surface area contributed by atoms with Gasteiger partial charge < -0.3 is 26.6 Å². The van der Waals surface area contributed by atoms with Gasteiger partial charge in [0.15, 0.2) is 5.82 Å². The van der Waals surface area contributed by atoms with Crippen molar-refractivity contribution in [1.29, 1.82) is 5.26 Å². The highest BCUT2D eigenvalue weighted by atomic mass is 35.5. The smallest absolute Gasteiger partial charge is 0.319 e. The van der Waals surface area contributed by atoms with Crippen molar-refractivity contribution in [3.8, 4) is 29.0 Å². The zero-order valence-electron chi connectivity index (χ0n) is 24.5. The molecule has 10 nitrogen and oxygen atoms in total. The van der Waals surface area contributed by atoms with Crippen molar-refractivity contribution < 1.29 is 18.6 Å². The summed E-state index contributed by atoms with van der Waals surface area (Å²) in [7, 11) is 2.01. The average Bonchev–Trinajstić information content (AvgIpc) is 3.59. The number of nitriles is 1. The van der Waals surface area contributed by atoms with Crippen molar-refractivity contribution in [1.82, 2.24) is 19.9 Å². The summed E-state index contributed by atoms with van der Waals surface area (Å²) in [5.74, 6) is -1.75. The maximum atomic E-state index is 16.8. The van der Waals surface area contributed by atoms with E-state index in [2.05, 4.69) is 25.2 Å². The van der Waals surface area contributed by atoms with E-state index in [1.165, 1.54) is 6.07 Å². The summed E-state index contributed by atoms with van der Waals surface area (Å²) in [6.07, 6.45) is 3.14. The Morgan fingerprint density at radius 1 is 1.22 bits per heavy atom. The number of hydrogen-bond acceptors (Lipinski definition) is 11. The summed E-state index contributed by atoms with van der Waals surface area (Å²) in [4.78, 5) is 15.3. The van der Waals surface area contributed by atoms with Gasteiger partial charge in [-0.25, -0.2) is 13.8 Å². The molecule has 0 amide bonds. The van der Waals surface area contributed by atoms with Crippen LogP contribution in [0.15, 0.2) is 30.5 Å². The second-order valence-electron chi connectivity index (χ2n) is 11.0. The minimum absolute atomic E-state index is 0.0222. The van der Waals surface area contributed by atoms with E-state index in [1.807, 2.05) is 20.0 Å². The van der Waals surface area contributed by atoms with E-state index in [0.717, 1.165) is 36.8 Å². The Bertz CT molecular complexity index is 2020. The number of nitrogens with one attached hydrogen (secondary N) is 1. The van der Waals surface area contributed by atoms with Crippen molar-refractivity contribution in [2.75, 3.05) is 30.4 Å². The van der Waals surface area contributed by atoms with Crippen LogP contribution in [0.2, 0.25) is 5.02 Å². The van der Waals surface area contributed by atoms with Gasteiger partial charge in [-0.1, -0.05) is 23.7 Å². The third-order valence-corrected chi connectivity index (χ3v) is 9.68. The third-order valence-electron chi connectivity index (χ3n) is 8.28. The van der Waals surface area contributed by atoms with Gasteiger partial charge in [0.1, 0.15) is 45.9 Å². The molecule has 0 radical (unpaired) electrons. The van der Waals surface area contributed by atoms with Crippen LogP contribution in [0.5, 0.6) is 11.8 Å². The summed E-state index contributed by atoms with van der Waals surface area (Å²) in [5.41, 5.74) is 12.3. The highest BCUT2D eigenvalue weighted by Gasteiger charge is 2.31. The van der Waals surface area contributed by atoms with Crippen molar-refractivity contribution in [2.45, 2.75) is 44.9 Å². The van der Waals surface area contributed by atoms with Gasteiger partial charge >= 0.3 is 6.01 Å². The number of rotatable bonds is 7. The van der Waals surface area contributed by atoms with E-state index in [9.17, 15) is 14.8 Å². The van der Waals surface area contributed by atoms with E-state index in [-0.39, 0.29) is 77.5 Å². The molecule has 1 aliphatic heterocycles. The number of nitrogens with zero attached hydrogens (tertiary/aromatic N) is 5. The number of phenols is 1. The number of aromatic hydroxyl groups is 1. The lowest BCUT2D eigenvalue weighted by molar-refractivity contribution is 0.112. The largest absolute Gasteiger partial charge is 0.506 e. The number of pyridine rings is 1. The fourth-order valence-electron chi connectivity index (χ4n) is 6.02. The Balaban J connectivity index is 1.58. The first-order valence-electron chi connectivity index (χ1n) is 14.2. The minimum atomic E-state index is -0.927. The molecule has 2 aromatic carbocycles. The number of benzene rings is 2. The molecule has 14 heteroatoms. The molecule has 6 N–H and O–H groups in total. The number of likely N-dealkylation sites (N-methyl/N-ethyl adjacent to an activating group) is 1. The van der Waals surface area contributed by atoms with Crippen LogP contribution >= 0.6 is 22.9 Å². The summed E-state index contributed by atoms with van der Waals surface area (Å²) in [6.45, 7) is 4.62. The number of hydrogen-bond donors (Lipinski definition) is 4. The molecule has 4 heterocycles. The van der Waals surface area contributed by atoms with E-state index < -0.39 is 23.4 Å². The lowest BCUT2D eigenvalue weighted by atomic mass is 9.96. The predicted molar refractivity (Wildman–Crippen MR) is 173 cm³/mol. The van der Waals surface area contributed by atoms with Gasteiger partial charge in [-0.05, 0) is 58.0 Å². The molecule has 1 fully saturated rings. The predicted octanol–water partition coefficient (Wildman–Crippen LogP) is 6.61. The van der Waals surface area contributed by atoms with Crippen molar-refractivity contribution >= 4 is 60.6 Å². The third kappa shape index (κ3) is 5.18. The second-order valence-corrected chi connectivity index (χ2v) is 12.5.